The van der Waals surface area contributed by atoms with E-state index in [4.69, 9.17) is 23.2 Å². The van der Waals surface area contributed by atoms with Gasteiger partial charge in [-0.3, -0.25) is 0 Å². The molecule has 8 heteroatoms. The first kappa shape index (κ1) is 16.6. The summed E-state index contributed by atoms with van der Waals surface area (Å²) >= 11 is 11.9. The number of hydrogen-bond donors (Lipinski definition) is 3. The fourth-order valence-electron chi connectivity index (χ4n) is 2.45. The highest BCUT2D eigenvalue weighted by molar-refractivity contribution is 6.42. The molecule has 2 aromatic carbocycles. The summed E-state index contributed by atoms with van der Waals surface area (Å²) in [5, 5.41) is 6.32. The fourth-order valence-corrected chi connectivity index (χ4v) is 2.77. The first-order valence-corrected chi connectivity index (χ1v) is 7.90. The zero-order valence-electron chi connectivity index (χ0n) is 12.7. The summed E-state index contributed by atoms with van der Waals surface area (Å²) < 4.78 is 0.988. The van der Waals surface area contributed by atoms with E-state index in [2.05, 4.69) is 15.6 Å². The number of aromatic amines is 1. The minimum absolute atomic E-state index is 0.265. The van der Waals surface area contributed by atoms with Crippen LogP contribution in [-0.4, -0.2) is 22.6 Å². The van der Waals surface area contributed by atoms with Crippen LogP contribution in [0, 0.1) is 0 Å². The van der Waals surface area contributed by atoms with Crippen LogP contribution in [0.4, 0.5) is 10.5 Å². The molecule has 0 spiro atoms. The zero-order chi connectivity index (χ0) is 17.3. The van der Waals surface area contributed by atoms with Gasteiger partial charge in [0, 0.05) is 12.2 Å². The average molecular weight is 365 g/mol. The van der Waals surface area contributed by atoms with Gasteiger partial charge in [-0.2, -0.15) is 0 Å². The van der Waals surface area contributed by atoms with Crippen molar-refractivity contribution < 1.29 is 4.79 Å². The van der Waals surface area contributed by atoms with Gasteiger partial charge in [0.05, 0.1) is 21.1 Å². The molecule has 0 aliphatic rings. The lowest BCUT2D eigenvalue weighted by molar-refractivity contribution is 0.253. The van der Waals surface area contributed by atoms with Crippen molar-refractivity contribution in [3.63, 3.8) is 0 Å². The third-order valence-corrected chi connectivity index (χ3v) is 4.21. The van der Waals surface area contributed by atoms with Crippen molar-refractivity contribution in [1.29, 1.82) is 0 Å². The number of nitrogens with one attached hydrogen (secondary N) is 3. The molecule has 1 amide bonds. The maximum absolute atomic E-state index is 12.5. The van der Waals surface area contributed by atoms with E-state index < -0.39 is 11.7 Å². The van der Waals surface area contributed by atoms with Crippen molar-refractivity contribution in [1.82, 2.24) is 14.9 Å². The molecule has 24 heavy (non-hydrogen) atoms. The minimum Gasteiger partial charge on any atom is -0.316 e. The van der Waals surface area contributed by atoms with E-state index in [1.54, 1.807) is 6.07 Å². The summed E-state index contributed by atoms with van der Waals surface area (Å²) in [6.45, 7) is 0.671. The van der Waals surface area contributed by atoms with Gasteiger partial charge in [-0.05, 0) is 36.9 Å². The van der Waals surface area contributed by atoms with E-state index in [0.29, 0.717) is 28.3 Å². The summed E-state index contributed by atoms with van der Waals surface area (Å²) in [5.41, 5.74) is 1.84. The van der Waals surface area contributed by atoms with E-state index in [9.17, 15) is 9.59 Å². The lowest BCUT2D eigenvalue weighted by atomic mass is 10.2. The van der Waals surface area contributed by atoms with Crippen LogP contribution in [0.3, 0.4) is 0 Å². The molecule has 3 aromatic rings. The highest BCUT2D eigenvalue weighted by atomic mass is 35.5. The Kier molecular flexibility index (Phi) is 4.62. The van der Waals surface area contributed by atoms with Crippen LogP contribution in [0.5, 0.6) is 0 Å². The van der Waals surface area contributed by atoms with Crippen molar-refractivity contribution in [2.45, 2.75) is 6.54 Å². The molecule has 0 radical (unpaired) electrons. The van der Waals surface area contributed by atoms with Crippen molar-refractivity contribution in [2.75, 3.05) is 12.4 Å². The van der Waals surface area contributed by atoms with Gasteiger partial charge >= 0.3 is 11.7 Å². The van der Waals surface area contributed by atoms with E-state index in [0.717, 1.165) is 10.1 Å². The fraction of sp³-hybridized carbons (Fsp3) is 0.125. The molecule has 0 saturated heterocycles. The smallest absolute Gasteiger partial charge is 0.316 e. The molecule has 0 bridgehead atoms. The van der Waals surface area contributed by atoms with Gasteiger partial charge in [0.1, 0.15) is 0 Å². The van der Waals surface area contributed by atoms with Gasteiger partial charge in [0.2, 0.25) is 0 Å². The topological polar surface area (TPSA) is 78.9 Å². The Bertz CT molecular complexity index is 978. The number of amides is 1. The number of fused-ring (bicyclic) bond motifs is 1. The molecule has 124 valence electrons. The van der Waals surface area contributed by atoms with Gasteiger partial charge in [-0.1, -0.05) is 35.3 Å². The summed E-state index contributed by atoms with van der Waals surface area (Å²) in [6.07, 6.45) is 0. The maximum atomic E-state index is 12.5. The first-order valence-electron chi connectivity index (χ1n) is 7.14. The molecular formula is C16H14Cl2N4O2. The second-order valence-corrected chi connectivity index (χ2v) is 6.02. The molecule has 3 N–H and O–H groups in total. The normalized spacial score (nSPS) is 11.0. The Labute approximate surface area is 147 Å². The number of carbonyl (C=O) groups is 1. The predicted molar refractivity (Wildman–Crippen MR) is 96.2 cm³/mol. The van der Waals surface area contributed by atoms with E-state index in [-0.39, 0.29) is 5.02 Å². The molecule has 6 nitrogen and oxygen atoms in total. The number of rotatable bonds is 3. The van der Waals surface area contributed by atoms with Crippen molar-refractivity contribution >= 4 is 46.0 Å². The maximum Gasteiger partial charge on any atom is 0.334 e. The quantitative estimate of drug-likeness (QED) is 0.665. The molecule has 1 aromatic heterocycles. The Hall–Kier alpha value is -2.28. The number of hydrogen-bond acceptors (Lipinski definition) is 3. The molecule has 1 heterocycles. The standard InChI is InChI=1S/C16H14Cl2N4O2/c1-19-8-9-3-2-4-10(5-9)20-15(23)22-14-7-12(18)11(17)6-13(14)21-16(22)24/h2-7,19H,8H2,1H3,(H,20,23)(H,21,24). The van der Waals surface area contributed by atoms with Crippen molar-refractivity contribution in [3.05, 3.63) is 62.5 Å². The highest BCUT2D eigenvalue weighted by Crippen LogP contribution is 2.26. The number of halogens is 2. The summed E-state index contributed by atoms with van der Waals surface area (Å²) in [5.74, 6) is 0. The molecule has 0 atom stereocenters. The van der Waals surface area contributed by atoms with Crippen LogP contribution in [-0.2, 0) is 6.54 Å². The monoisotopic (exact) mass is 364 g/mol. The molecule has 0 aliphatic carbocycles. The SMILES string of the molecule is CNCc1cccc(NC(=O)n2c(=O)[nH]c3cc(Cl)c(Cl)cc32)c1. The zero-order valence-corrected chi connectivity index (χ0v) is 14.2. The third-order valence-electron chi connectivity index (χ3n) is 3.49. The van der Waals surface area contributed by atoms with Crippen molar-refractivity contribution in [3.8, 4) is 0 Å². The largest absolute Gasteiger partial charge is 0.334 e. The van der Waals surface area contributed by atoms with Gasteiger partial charge in [-0.15, -0.1) is 0 Å². The molecule has 0 saturated carbocycles. The minimum atomic E-state index is -0.578. The summed E-state index contributed by atoms with van der Waals surface area (Å²) in [7, 11) is 1.84. The first-order chi connectivity index (χ1) is 11.5. The van der Waals surface area contributed by atoms with E-state index >= 15 is 0 Å². The predicted octanol–water partition coefficient (Wildman–Crippen LogP) is 3.44. The molecule has 0 unspecified atom stereocenters. The Morgan fingerprint density at radius 1 is 1.21 bits per heavy atom. The number of imidazole rings is 1. The average Bonchev–Trinajstić information content (AvgIpc) is 2.83. The van der Waals surface area contributed by atoms with Gasteiger partial charge in [0.15, 0.2) is 0 Å². The van der Waals surface area contributed by atoms with Crippen LogP contribution < -0.4 is 16.3 Å². The number of benzene rings is 2. The summed E-state index contributed by atoms with van der Waals surface area (Å²) in [6, 6.07) is 9.76. The third kappa shape index (κ3) is 3.17. The number of anilines is 1. The van der Waals surface area contributed by atoms with Crippen LogP contribution in [0.15, 0.2) is 41.2 Å². The van der Waals surface area contributed by atoms with Crippen LogP contribution in [0.25, 0.3) is 11.0 Å². The number of aromatic nitrogens is 2. The van der Waals surface area contributed by atoms with Gasteiger partial charge in [0.25, 0.3) is 0 Å². The van der Waals surface area contributed by atoms with E-state index in [1.165, 1.54) is 12.1 Å². The van der Waals surface area contributed by atoms with Crippen LogP contribution in [0.1, 0.15) is 5.56 Å². The second kappa shape index (κ2) is 6.68. The number of nitrogens with zero attached hydrogens (tertiary/aromatic N) is 1. The van der Waals surface area contributed by atoms with Crippen LogP contribution >= 0.6 is 23.2 Å². The Morgan fingerprint density at radius 2 is 1.96 bits per heavy atom. The van der Waals surface area contributed by atoms with E-state index in [1.807, 2.05) is 25.2 Å². The lowest BCUT2D eigenvalue weighted by Gasteiger charge is -2.08. The number of carbonyl (C=O) groups excluding carboxylic acids is 1. The lowest BCUT2D eigenvalue weighted by Crippen LogP contribution is -2.29. The second-order valence-electron chi connectivity index (χ2n) is 5.21. The Morgan fingerprint density at radius 3 is 2.71 bits per heavy atom. The van der Waals surface area contributed by atoms with Crippen LogP contribution in [0.2, 0.25) is 10.0 Å². The highest BCUT2D eigenvalue weighted by Gasteiger charge is 2.16. The molecule has 0 fully saturated rings. The summed E-state index contributed by atoms with van der Waals surface area (Å²) in [4.78, 5) is 27.2. The molecule has 3 rings (SSSR count). The van der Waals surface area contributed by atoms with Gasteiger partial charge < -0.3 is 15.6 Å². The molecule has 0 aliphatic heterocycles. The van der Waals surface area contributed by atoms with Crippen molar-refractivity contribution in [2.24, 2.45) is 0 Å². The number of H-pyrrole nitrogens is 1. The van der Waals surface area contributed by atoms with Gasteiger partial charge in [-0.25, -0.2) is 14.2 Å². The molecular weight excluding hydrogens is 351 g/mol. The Balaban J connectivity index is 1.97.